The number of rotatable bonds is 2. The number of aliphatic hydroxyl groups is 1. The summed E-state index contributed by atoms with van der Waals surface area (Å²) in [5.74, 6) is 0. The van der Waals surface area contributed by atoms with Gasteiger partial charge >= 0.3 is 0 Å². The lowest BCUT2D eigenvalue weighted by Crippen LogP contribution is -1.75. The molecule has 0 aliphatic carbocycles. The number of fused-ring (bicyclic) bond motifs is 1. The summed E-state index contributed by atoms with van der Waals surface area (Å²) in [6.07, 6.45) is 5.24. The maximum atomic E-state index is 8.59. The summed E-state index contributed by atoms with van der Waals surface area (Å²) < 4.78 is 0. The van der Waals surface area contributed by atoms with Gasteiger partial charge in [0.1, 0.15) is 0 Å². The zero-order valence-corrected chi connectivity index (χ0v) is 7.07. The highest BCUT2D eigenvalue weighted by Gasteiger charge is 1.94. The molecule has 0 bridgehead atoms. The number of benzene rings is 1. The van der Waals surface area contributed by atoms with E-state index in [2.05, 4.69) is 9.97 Å². The van der Waals surface area contributed by atoms with Crippen LogP contribution in [0.15, 0.2) is 30.6 Å². The number of imidazole rings is 1. The fourth-order valence-corrected chi connectivity index (χ4v) is 1.24. The first-order valence-corrected chi connectivity index (χ1v) is 4.10. The number of aromatic amines is 1. The van der Waals surface area contributed by atoms with E-state index in [-0.39, 0.29) is 6.61 Å². The third-order valence-corrected chi connectivity index (χ3v) is 1.86. The lowest BCUT2D eigenvalue weighted by Gasteiger charge is -1.92. The second kappa shape index (κ2) is 3.41. The molecule has 0 fully saturated rings. The Balaban J connectivity index is 2.42. The van der Waals surface area contributed by atoms with Crippen molar-refractivity contribution in [2.45, 2.75) is 0 Å². The second-order valence-electron chi connectivity index (χ2n) is 2.76. The second-order valence-corrected chi connectivity index (χ2v) is 2.76. The van der Waals surface area contributed by atoms with Crippen LogP contribution in [-0.4, -0.2) is 21.7 Å². The molecule has 0 saturated heterocycles. The van der Waals surface area contributed by atoms with Crippen molar-refractivity contribution in [3.63, 3.8) is 0 Å². The largest absolute Gasteiger partial charge is 0.392 e. The molecule has 2 N–H and O–H groups in total. The third-order valence-electron chi connectivity index (χ3n) is 1.86. The van der Waals surface area contributed by atoms with Crippen LogP contribution in [-0.2, 0) is 0 Å². The molecular weight excluding hydrogens is 164 g/mol. The molecule has 2 aromatic rings. The molecule has 1 aromatic heterocycles. The molecule has 0 aliphatic rings. The van der Waals surface area contributed by atoms with Crippen molar-refractivity contribution in [1.29, 1.82) is 0 Å². The smallest absolute Gasteiger partial charge is 0.0931 e. The minimum atomic E-state index is 0.0681. The molecule has 1 heterocycles. The summed E-state index contributed by atoms with van der Waals surface area (Å²) in [5, 5.41) is 8.59. The van der Waals surface area contributed by atoms with E-state index in [1.54, 1.807) is 12.4 Å². The third kappa shape index (κ3) is 1.60. The predicted molar refractivity (Wildman–Crippen MR) is 52.2 cm³/mol. The molecule has 13 heavy (non-hydrogen) atoms. The minimum Gasteiger partial charge on any atom is -0.392 e. The van der Waals surface area contributed by atoms with E-state index in [1.807, 2.05) is 24.3 Å². The first kappa shape index (κ1) is 8.01. The Hall–Kier alpha value is -1.61. The normalized spacial score (nSPS) is 11.5. The van der Waals surface area contributed by atoms with Gasteiger partial charge in [0.2, 0.25) is 0 Å². The van der Waals surface area contributed by atoms with E-state index < -0.39 is 0 Å². The summed E-state index contributed by atoms with van der Waals surface area (Å²) in [7, 11) is 0. The van der Waals surface area contributed by atoms with Gasteiger partial charge in [-0.05, 0) is 17.7 Å². The van der Waals surface area contributed by atoms with Crippen LogP contribution in [0.25, 0.3) is 17.1 Å². The summed E-state index contributed by atoms with van der Waals surface area (Å²) in [6.45, 7) is 0.0681. The number of nitrogens with zero attached hydrogens (tertiary/aromatic N) is 1. The maximum Gasteiger partial charge on any atom is 0.0931 e. The van der Waals surface area contributed by atoms with E-state index in [0.29, 0.717) is 0 Å². The van der Waals surface area contributed by atoms with E-state index in [4.69, 9.17) is 5.11 Å². The van der Waals surface area contributed by atoms with Crippen molar-refractivity contribution in [3.05, 3.63) is 36.2 Å². The Labute approximate surface area is 75.7 Å². The SMILES string of the molecule is OC/C=C/c1ccc2[nH]cnc2c1. The fourth-order valence-electron chi connectivity index (χ4n) is 1.24. The molecular formula is C10H10N2O. The van der Waals surface area contributed by atoms with Gasteiger partial charge in [-0.25, -0.2) is 4.98 Å². The van der Waals surface area contributed by atoms with Crippen LogP contribution < -0.4 is 0 Å². The van der Waals surface area contributed by atoms with Crippen molar-refractivity contribution < 1.29 is 5.11 Å². The highest BCUT2D eigenvalue weighted by Crippen LogP contribution is 2.12. The zero-order valence-electron chi connectivity index (χ0n) is 7.07. The number of nitrogens with one attached hydrogen (secondary N) is 1. The molecule has 2 rings (SSSR count). The lowest BCUT2D eigenvalue weighted by atomic mass is 10.2. The average Bonchev–Trinajstić information content (AvgIpc) is 2.61. The summed E-state index contributed by atoms with van der Waals surface area (Å²) in [4.78, 5) is 7.15. The van der Waals surface area contributed by atoms with E-state index >= 15 is 0 Å². The first-order chi connectivity index (χ1) is 6.40. The number of hydrogen-bond acceptors (Lipinski definition) is 2. The molecule has 0 radical (unpaired) electrons. The van der Waals surface area contributed by atoms with Crippen molar-refractivity contribution >= 4 is 17.1 Å². The Morgan fingerprint density at radius 1 is 1.46 bits per heavy atom. The van der Waals surface area contributed by atoms with Crippen LogP contribution in [0.1, 0.15) is 5.56 Å². The quantitative estimate of drug-likeness (QED) is 0.726. The van der Waals surface area contributed by atoms with Gasteiger partial charge in [0.25, 0.3) is 0 Å². The van der Waals surface area contributed by atoms with Crippen molar-refractivity contribution in [3.8, 4) is 0 Å². The summed E-state index contributed by atoms with van der Waals surface area (Å²) >= 11 is 0. The van der Waals surface area contributed by atoms with Gasteiger partial charge < -0.3 is 10.1 Å². The van der Waals surface area contributed by atoms with Crippen LogP contribution in [0.4, 0.5) is 0 Å². The standard InChI is InChI=1S/C10H10N2O/c13-5-1-2-8-3-4-9-10(6-8)12-7-11-9/h1-4,6-7,13H,5H2,(H,11,12)/b2-1+. The Morgan fingerprint density at radius 3 is 3.23 bits per heavy atom. The first-order valence-electron chi connectivity index (χ1n) is 4.10. The molecule has 0 aliphatic heterocycles. The monoisotopic (exact) mass is 174 g/mol. The fraction of sp³-hybridized carbons (Fsp3) is 0.100. The van der Waals surface area contributed by atoms with Gasteiger partial charge in [-0.1, -0.05) is 18.2 Å². The van der Waals surface area contributed by atoms with Gasteiger partial charge in [0.05, 0.1) is 24.0 Å². The van der Waals surface area contributed by atoms with Crippen LogP contribution >= 0.6 is 0 Å². The Kier molecular flexibility index (Phi) is 2.10. The van der Waals surface area contributed by atoms with Gasteiger partial charge in [-0.2, -0.15) is 0 Å². The van der Waals surface area contributed by atoms with Crippen LogP contribution in [0.2, 0.25) is 0 Å². The molecule has 0 unspecified atom stereocenters. The predicted octanol–water partition coefficient (Wildman–Crippen LogP) is 1.57. The van der Waals surface area contributed by atoms with Gasteiger partial charge in [-0.15, -0.1) is 0 Å². The maximum absolute atomic E-state index is 8.59. The van der Waals surface area contributed by atoms with E-state index in [0.717, 1.165) is 16.6 Å². The molecule has 66 valence electrons. The molecule has 0 atom stereocenters. The number of H-pyrrole nitrogens is 1. The van der Waals surface area contributed by atoms with Gasteiger partial charge in [0.15, 0.2) is 0 Å². The minimum absolute atomic E-state index is 0.0681. The van der Waals surface area contributed by atoms with Crippen LogP contribution in [0.5, 0.6) is 0 Å². The Bertz CT molecular complexity index is 431. The highest BCUT2D eigenvalue weighted by atomic mass is 16.2. The summed E-state index contributed by atoms with van der Waals surface area (Å²) in [5.41, 5.74) is 3.02. The number of aromatic nitrogens is 2. The van der Waals surface area contributed by atoms with Crippen molar-refractivity contribution in [1.82, 2.24) is 9.97 Å². The molecule has 3 nitrogen and oxygen atoms in total. The van der Waals surface area contributed by atoms with Crippen LogP contribution in [0, 0.1) is 0 Å². The molecule has 1 aromatic carbocycles. The lowest BCUT2D eigenvalue weighted by molar-refractivity contribution is 0.343. The topological polar surface area (TPSA) is 48.9 Å². The molecule has 0 spiro atoms. The highest BCUT2D eigenvalue weighted by molar-refractivity contribution is 5.77. The average molecular weight is 174 g/mol. The zero-order chi connectivity index (χ0) is 9.10. The summed E-state index contributed by atoms with van der Waals surface area (Å²) in [6, 6.07) is 5.92. The van der Waals surface area contributed by atoms with Crippen molar-refractivity contribution in [2.24, 2.45) is 0 Å². The molecule has 3 heteroatoms. The molecule has 0 saturated carbocycles. The van der Waals surface area contributed by atoms with Crippen molar-refractivity contribution in [2.75, 3.05) is 6.61 Å². The number of hydrogen-bond donors (Lipinski definition) is 2. The van der Waals surface area contributed by atoms with E-state index in [1.165, 1.54) is 0 Å². The van der Waals surface area contributed by atoms with Gasteiger partial charge in [0, 0.05) is 0 Å². The number of aliphatic hydroxyl groups excluding tert-OH is 1. The van der Waals surface area contributed by atoms with Gasteiger partial charge in [-0.3, -0.25) is 0 Å². The van der Waals surface area contributed by atoms with Crippen LogP contribution in [0.3, 0.4) is 0 Å². The van der Waals surface area contributed by atoms with E-state index in [9.17, 15) is 0 Å². The molecule has 0 amide bonds. The Morgan fingerprint density at radius 2 is 2.38 bits per heavy atom.